The van der Waals surface area contributed by atoms with Crippen molar-refractivity contribution in [2.75, 3.05) is 0 Å². The molecule has 2 aliphatic carbocycles. The minimum Gasteiger partial charge on any atom is -0.458 e. The Morgan fingerprint density at radius 3 is 2.65 bits per heavy atom. The smallest absolute Gasteiger partial charge is 0.347 e. The molecule has 1 aromatic rings. The van der Waals surface area contributed by atoms with Crippen LogP contribution in [0.3, 0.4) is 0 Å². The molecule has 0 amide bonds. The molecule has 5 heteroatoms. The van der Waals surface area contributed by atoms with Gasteiger partial charge >= 0.3 is 11.9 Å². The van der Waals surface area contributed by atoms with Crippen molar-refractivity contribution in [3.63, 3.8) is 0 Å². The van der Waals surface area contributed by atoms with Crippen LogP contribution in [-0.4, -0.2) is 28.8 Å². The fraction of sp³-hybridized carbons (Fsp3) is 0.444. The summed E-state index contributed by atoms with van der Waals surface area (Å²) >= 11 is 0. The Bertz CT molecular complexity index is 624. The van der Waals surface area contributed by atoms with Gasteiger partial charge < -0.3 is 14.6 Å². The van der Waals surface area contributed by atoms with Crippen LogP contribution in [0.25, 0.3) is 0 Å². The van der Waals surface area contributed by atoms with Crippen molar-refractivity contribution in [1.29, 1.82) is 0 Å². The number of ether oxygens (including phenoxy) is 2. The highest BCUT2D eigenvalue weighted by Gasteiger charge is 2.54. The lowest BCUT2D eigenvalue weighted by molar-refractivity contribution is -0.182. The zero-order valence-electron chi connectivity index (χ0n) is 13.0. The molecule has 2 aliphatic rings. The Morgan fingerprint density at radius 2 is 2.04 bits per heavy atom. The fourth-order valence-electron chi connectivity index (χ4n) is 3.22. The second kappa shape index (κ2) is 6.16. The minimum atomic E-state index is -1.51. The van der Waals surface area contributed by atoms with Crippen molar-refractivity contribution in [3.8, 4) is 0 Å². The van der Waals surface area contributed by atoms with Crippen LogP contribution in [0.5, 0.6) is 0 Å². The van der Waals surface area contributed by atoms with E-state index < -0.39 is 23.6 Å². The van der Waals surface area contributed by atoms with Gasteiger partial charge in [-0.2, -0.15) is 0 Å². The van der Waals surface area contributed by atoms with Gasteiger partial charge in [0.25, 0.3) is 0 Å². The molecule has 4 atom stereocenters. The summed E-state index contributed by atoms with van der Waals surface area (Å²) in [5.74, 6) is -1.35. The zero-order valence-corrected chi connectivity index (χ0v) is 13.0. The first-order chi connectivity index (χ1) is 11.0. The van der Waals surface area contributed by atoms with Crippen LogP contribution in [0.2, 0.25) is 0 Å². The summed E-state index contributed by atoms with van der Waals surface area (Å²) < 4.78 is 10.3. The predicted molar refractivity (Wildman–Crippen MR) is 82.1 cm³/mol. The highest BCUT2D eigenvalue weighted by molar-refractivity contribution is 5.84. The first-order valence-corrected chi connectivity index (χ1v) is 7.81. The van der Waals surface area contributed by atoms with Gasteiger partial charge in [-0.15, -0.1) is 0 Å². The summed E-state index contributed by atoms with van der Waals surface area (Å²) in [7, 11) is 0. The minimum absolute atomic E-state index is 0.124. The third kappa shape index (κ3) is 3.15. The number of rotatable bonds is 5. The van der Waals surface area contributed by atoms with Gasteiger partial charge in [-0.05, 0) is 31.2 Å². The average molecular weight is 316 g/mol. The summed E-state index contributed by atoms with van der Waals surface area (Å²) in [4.78, 5) is 24.2. The van der Waals surface area contributed by atoms with Gasteiger partial charge in [-0.25, -0.2) is 9.59 Å². The van der Waals surface area contributed by atoms with Crippen molar-refractivity contribution in [3.05, 3.63) is 48.0 Å². The monoisotopic (exact) mass is 316 g/mol. The average Bonchev–Trinajstić information content (AvgIpc) is 3.14. The molecule has 1 N–H and O–H groups in total. The van der Waals surface area contributed by atoms with Crippen LogP contribution in [0.4, 0.5) is 0 Å². The molecule has 1 aromatic carbocycles. The molecule has 23 heavy (non-hydrogen) atoms. The molecular weight excluding hydrogens is 296 g/mol. The molecule has 0 radical (unpaired) electrons. The highest BCUT2D eigenvalue weighted by Crippen LogP contribution is 2.46. The topological polar surface area (TPSA) is 72.8 Å². The van der Waals surface area contributed by atoms with Gasteiger partial charge in [0.05, 0.1) is 0 Å². The predicted octanol–water partition coefficient (Wildman–Crippen LogP) is 1.99. The summed E-state index contributed by atoms with van der Waals surface area (Å²) in [6.07, 6.45) is 3.95. The summed E-state index contributed by atoms with van der Waals surface area (Å²) in [5, 5.41) is 10.5. The maximum atomic E-state index is 12.2. The summed E-state index contributed by atoms with van der Waals surface area (Å²) in [6, 6.07) is 9.26. The van der Waals surface area contributed by atoms with Gasteiger partial charge in [-0.3, -0.25) is 0 Å². The number of esters is 2. The number of hydrogen-bond acceptors (Lipinski definition) is 5. The lowest BCUT2D eigenvalue weighted by Gasteiger charge is -2.28. The number of carbonyl (C=O) groups excluding carboxylic acids is 2. The molecule has 0 aliphatic heterocycles. The number of benzene rings is 1. The number of hydrogen-bond donors (Lipinski definition) is 1. The first-order valence-electron chi connectivity index (χ1n) is 7.81. The maximum absolute atomic E-state index is 12.2. The quantitative estimate of drug-likeness (QED) is 0.664. The van der Waals surface area contributed by atoms with E-state index in [0.717, 1.165) is 12.0 Å². The van der Waals surface area contributed by atoms with Gasteiger partial charge in [0.1, 0.15) is 6.61 Å². The lowest BCUT2D eigenvalue weighted by atomic mass is 9.88. The van der Waals surface area contributed by atoms with E-state index in [1.54, 1.807) is 0 Å². The Hall–Kier alpha value is -2.14. The van der Waals surface area contributed by atoms with Gasteiger partial charge in [0, 0.05) is 5.92 Å². The van der Waals surface area contributed by atoms with E-state index in [1.807, 2.05) is 42.5 Å². The largest absolute Gasteiger partial charge is 0.458 e. The van der Waals surface area contributed by atoms with Crippen LogP contribution in [0, 0.1) is 11.8 Å². The molecule has 0 aromatic heterocycles. The van der Waals surface area contributed by atoms with Crippen molar-refractivity contribution in [2.45, 2.75) is 38.1 Å². The van der Waals surface area contributed by atoms with E-state index in [4.69, 9.17) is 9.47 Å². The van der Waals surface area contributed by atoms with Crippen molar-refractivity contribution < 1.29 is 24.2 Å². The van der Waals surface area contributed by atoms with Crippen LogP contribution in [0.1, 0.15) is 25.3 Å². The van der Waals surface area contributed by atoms with E-state index in [1.165, 1.54) is 6.92 Å². The van der Waals surface area contributed by atoms with Crippen LogP contribution in [-0.2, 0) is 25.7 Å². The van der Waals surface area contributed by atoms with E-state index in [2.05, 4.69) is 0 Å². The van der Waals surface area contributed by atoms with E-state index >= 15 is 0 Å². The highest BCUT2D eigenvalue weighted by atomic mass is 16.6. The molecular formula is C18H20O5. The normalized spacial score (nSPS) is 29.3. The molecule has 3 unspecified atom stereocenters. The molecule has 0 heterocycles. The zero-order chi connectivity index (χ0) is 16.4. The Labute approximate surface area is 134 Å². The van der Waals surface area contributed by atoms with E-state index in [-0.39, 0.29) is 18.4 Å². The Kier molecular flexibility index (Phi) is 4.22. The van der Waals surface area contributed by atoms with Crippen LogP contribution < -0.4 is 0 Å². The molecule has 3 rings (SSSR count). The summed E-state index contributed by atoms with van der Waals surface area (Å²) in [6.45, 7) is 1.58. The first kappa shape index (κ1) is 15.7. The second-order valence-electron chi connectivity index (χ2n) is 6.26. The van der Waals surface area contributed by atoms with Gasteiger partial charge in [-0.1, -0.05) is 42.5 Å². The number of fused-ring (bicyclic) bond motifs is 2. The van der Waals surface area contributed by atoms with E-state index in [9.17, 15) is 14.7 Å². The Balaban J connectivity index is 1.52. The number of allylic oxidation sites excluding steroid dienone is 1. The molecule has 0 spiro atoms. The van der Waals surface area contributed by atoms with E-state index in [0.29, 0.717) is 6.42 Å². The lowest BCUT2D eigenvalue weighted by Crippen LogP contribution is -2.46. The number of carbonyl (C=O) groups is 2. The van der Waals surface area contributed by atoms with Gasteiger partial charge in [0.15, 0.2) is 11.7 Å². The fourth-order valence-corrected chi connectivity index (χ4v) is 3.22. The van der Waals surface area contributed by atoms with Crippen molar-refractivity contribution >= 4 is 11.9 Å². The summed E-state index contributed by atoms with van der Waals surface area (Å²) in [5.41, 5.74) is -0.649. The van der Waals surface area contributed by atoms with Crippen molar-refractivity contribution in [1.82, 2.24) is 0 Å². The standard InChI is InChI=1S/C18H20O5/c1-12(16(19)22-11-13-5-3-2-4-6-13)23-17(20)18(21)10-14-7-8-15(18)9-14/h2-8,12,14-15,21H,9-11H2,1H3/t12-,14?,15?,18?/m0/s1. The van der Waals surface area contributed by atoms with Gasteiger partial charge in [0.2, 0.25) is 0 Å². The third-order valence-corrected chi connectivity index (χ3v) is 4.55. The molecule has 1 fully saturated rings. The number of aliphatic hydroxyl groups is 1. The second-order valence-corrected chi connectivity index (χ2v) is 6.26. The molecule has 0 saturated heterocycles. The molecule has 122 valence electrons. The maximum Gasteiger partial charge on any atom is 0.347 e. The van der Waals surface area contributed by atoms with Crippen LogP contribution in [0.15, 0.2) is 42.5 Å². The van der Waals surface area contributed by atoms with Crippen LogP contribution >= 0.6 is 0 Å². The molecule has 5 nitrogen and oxygen atoms in total. The van der Waals surface area contributed by atoms with Crippen molar-refractivity contribution in [2.24, 2.45) is 11.8 Å². The molecule has 2 bridgehead atoms. The SMILES string of the molecule is C[C@H](OC(=O)C1(O)CC2C=CC1C2)C(=O)OCc1ccccc1. The molecule has 1 saturated carbocycles. The third-order valence-electron chi connectivity index (χ3n) is 4.55. The Morgan fingerprint density at radius 1 is 1.30 bits per heavy atom.